The first-order valence-corrected chi connectivity index (χ1v) is 11.6. The molecule has 0 bridgehead atoms. The molecule has 1 fully saturated rings. The molecule has 15 heteroatoms. The molecule has 2 N–H and O–H groups in total. The first-order valence-electron chi connectivity index (χ1n) is 9.60. The van der Waals surface area contributed by atoms with Gasteiger partial charge >= 0.3 is 12.4 Å². The lowest BCUT2D eigenvalue weighted by molar-refractivity contribution is -0.221. The predicted molar refractivity (Wildman–Crippen MR) is 109 cm³/mol. The quantitative estimate of drug-likeness (QED) is 0.604. The number of nitrogens with one attached hydrogen (secondary N) is 2. The SMILES string of the molecule is Cc1c(C(F)(F)F)cnc(N2CCOC(C(F)(F)F)C2)c1C(=O)Nc1ccnc(S(C)(=N)=O)c1. The molecule has 3 heterocycles. The number of anilines is 2. The lowest BCUT2D eigenvalue weighted by atomic mass is 10.0. The van der Waals surface area contributed by atoms with Gasteiger partial charge < -0.3 is 15.0 Å². The average molecular weight is 511 g/mol. The van der Waals surface area contributed by atoms with Crippen LogP contribution in [0.2, 0.25) is 0 Å². The van der Waals surface area contributed by atoms with Crippen LogP contribution < -0.4 is 10.2 Å². The van der Waals surface area contributed by atoms with Gasteiger partial charge in [0.05, 0.1) is 34.0 Å². The molecule has 2 aromatic heterocycles. The molecule has 2 atom stereocenters. The number of pyridine rings is 2. The second-order valence-corrected chi connectivity index (χ2v) is 9.63. The number of hydrogen-bond donors (Lipinski definition) is 2. The molecule has 0 spiro atoms. The Morgan fingerprint density at radius 2 is 1.94 bits per heavy atom. The van der Waals surface area contributed by atoms with Crippen molar-refractivity contribution in [2.24, 2.45) is 0 Å². The number of aromatic nitrogens is 2. The highest BCUT2D eigenvalue weighted by Crippen LogP contribution is 2.37. The van der Waals surface area contributed by atoms with Crippen LogP contribution in [0.5, 0.6) is 0 Å². The van der Waals surface area contributed by atoms with Gasteiger partial charge in [0.25, 0.3) is 5.91 Å². The van der Waals surface area contributed by atoms with Gasteiger partial charge in [-0.3, -0.25) is 4.79 Å². The Morgan fingerprint density at radius 3 is 2.53 bits per heavy atom. The lowest BCUT2D eigenvalue weighted by Gasteiger charge is -2.35. The van der Waals surface area contributed by atoms with Crippen molar-refractivity contribution in [2.75, 3.05) is 36.2 Å². The van der Waals surface area contributed by atoms with E-state index in [2.05, 4.69) is 15.3 Å². The van der Waals surface area contributed by atoms with Crippen LogP contribution in [0.4, 0.5) is 37.8 Å². The van der Waals surface area contributed by atoms with Crippen molar-refractivity contribution in [2.45, 2.75) is 30.4 Å². The van der Waals surface area contributed by atoms with E-state index in [-0.39, 0.29) is 29.7 Å². The zero-order chi connectivity index (χ0) is 25.5. The van der Waals surface area contributed by atoms with Crippen LogP contribution in [0.1, 0.15) is 21.5 Å². The molecule has 3 rings (SSSR count). The number of nitrogens with zero attached hydrogens (tertiary/aromatic N) is 3. The monoisotopic (exact) mass is 511 g/mol. The summed E-state index contributed by atoms with van der Waals surface area (Å²) in [5, 5.41) is 2.16. The number of ether oxygens (including phenoxy) is 1. The molecule has 0 aromatic carbocycles. The van der Waals surface area contributed by atoms with E-state index in [4.69, 9.17) is 9.52 Å². The van der Waals surface area contributed by atoms with Crippen molar-refractivity contribution in [1.29, 1.82) is 4.78 Å². The van der Waals surface area contributed by atoms with Gasteiger partial charge in [0.1, 0.15) is 10.8 Å². The molecule has 1 aliphatic rings. The van der Waals surface area contributed by atoms with Crippen molar-refractivity contribution in [3.05, 3.63) is 41.2 Å². The highest BCUT2D eigenvalue weighted by Gasteiger charge is 2.44. The Balaban J connectivity index is 2.06. The summed E-state index contributed by atoms with van der Waals surface area (Å²) < 4.78 is 104. The zero-order valence-corrected chi connectivity index (χ0v) is 18.6. The molecule has 2 aromatic rings. The summed E-state index contributed by atoms with van der Waals surface area (Å²) in [6.45, 7) is -0.265. The molecular formula is C19H19F6N5O3S. The molecule has 1 saturated heterocycles. The summed E-state index contributed by atoms with van der Waals surface area (Å²) in [7, 11) is -3.26. The highest BCUT2D eigenvalue weighted by atomic mass is 32.2. The van der Waals surface area contributed by atoms with Crippen LogP contribution in [0.25, 0.3) is 0 Å². The summed E-state index contributed by atoms with van der Waals surface area (Å²) in [5.74, 6) is -1.44. The third-order valence-corrected chi connectivity index (χ3v) is 6.00. The normalized spacial score (nSPS) is 18.9. The molecule has 0 saturated carbocycles. The molecule has 186 valence electrons. The van der Waals surface area contributed by atoms with E-state index >= 15 is 0 Å². The molecule has 34 heavy (non-hydrogen) atoms. The average Bonchev–Trinajstić information content (AvgIpc) is 2.71. The number of alkyl halides is 6. The van der Waals surface area contributed by atoms with E-state index < -0.39 is 57.3 Å². The summed E-state index contributed by atoms with van der Waals surface area (Å²) >= 11 is 0. The second kappa shape index (κ2) is 9.02. The number of amides is 1. The third kappa shape index (κ3) is 5.58. The van der Waals surface area contributed by atoms with E-state index in [0.29, 0.717) is 6.20 Å². The fraction of sp³-hybridized carbons (Fsp3) is 0.421. The zero-order valence-electron chi connectivity index (χ0n) is 17.8. The number of carbonyl (C=O) groups is 1. The van der Waals surface area contributed by atoms with Gasteiger partial charge in [-0.25, -0.2) is 19.0 Å². The third-order valence-electron chi connectivity index (χ3n) is 4.97. The second-order valence-electron chi connectivity index (χ2n) is 7.52. The molecule has 8 nitrogen and oxygen atoms in total. The fourth-order valence-electron chi connectivity index (χ4n) is 3.32. The van der Waals surface area contributed by atoms with Crippen molar-refractivity contribution in [1.82, 2.24) is 9.97 Å². The van der Waals surface area contributed by atoms with E-state index in [9.17, 15) is 35.3 Å². The number of morpholine rings is 1. The summed E-state index contributed by atoms with van der Waals surface area (Å²) in [6.07, 6.45) is -9.09. The van der Waals surface area contributed by atoms with E-state index in [1.165, 1.54) is 6.07 Å². The summed E-state index contributed by atoms with van der Waals surface area (Å²) in [5.41, 5.74) is -2.34. The van der Waals surface area contributed by atoms with Gasteiger partial charge in [-0.15, -0.1) is 0 Å². The van der Waals surface area contributed by atoms with Crippen molar-refractivity contribution >= 4 is 27.1 Å². The maximum atomic E-state index is 13.5. The maximum absolute atomic E-state index is 13.5. The number of rotatable bonds is 4. The summed E-state index contributed by atoms with van der Waals surface area (Å²) in [6, 6.07) is 2.38. The largest absolute Gasteiger partial charge is 0.418 e. The Labute approximate surface area is 190 Å². The molecule has 0 radical (unpaired) electrons. The standard InChI is InChI=1S/C19H19F6N5O3S/c1-10-12(18(20,21)22)8-28-16(30-5-6-33-13(9-30)19(23,24)25)15(10)17(31)29-11-3-4-27-14(7-11)34(2,26)32/h3-4,7-8,13,26H,5-6,9H2,1-2H3,(H,27,29,31). The summed E-state index contributed by atoms with van der Waals surface area (Å²) in [4.78, 5) is 21.6. The maximum Gasteiger partial charge on any atom is 0.418 e. The minimum absolute atomic E-state index is 0.0188. The van der Waals surface area contributed by atoms with Crippen molar-refractivity contribution in [3.63, 3.8) is 0 Å². The van der Waals surface area contributed by atoms with E-state index in [1.54, 1.807) is 0 Å². The minimum Gasteiger partial charge on any atom is -0.365 e. The minimum atomic E-state index is -4.87. The van der Waals surface area contributed by atoms with Gasteiger partial charge in [-0.2, -0.15) is 26.3 Å². The van der Waals surface area contributed by atoms with Gasteiger partial charge in [0.15, 0.2) is 6.10 Å². The van der Waals surface area contributed by atoms with Gasteiger partial charge in [0, 0.05) is 30.9 Å². The molecule has 0 aliphatic carbocycles. The van der Waals surface area contributed by atoms with Crippen LogP contribution in [0, 0.1) is 11.7 Å². The Kier molecular flexibility index (Phi) is 6.81. The predicted octanol–water partition coefficient (Wildman–Crippen LogP) is 3.86. The topological polar surface area (TPSA) is 108 Å². The van der Waals surface area contributed by atoms with Crippen LogP contribution in [-0.2, 0) is 20.6 Å². The lowest BCUT2D eigenvalue weighted by Crippen LogP contribution is -2.50. The Hall–Kier alpha value is -2.94. The number of carbonyl (C=O) groups excluding carboxylic acids is 1. The first-order chi connectivity index (χ1) is 15.6. The number of halogens is 6. The molecule has 1 aliphatic heterocycles. The van der Waals surface area contributed by atoms with Crippen molar-refractivity contribution in [3.8, 4) is 0 Å². The van der Waals surface area contributed by atoms with Crippen LogP contribution in [-0.4, -0.2) is 58.3 Å². The van der Waals surface area contributed by atoms with Crippen LogP contribution in [0.15, 0.2) is 29.6 Å². The first kappa shape index (κ1) is 25.7. The highest BCUT2D eigenvalue weighted by molar-refractivity contribution is 7.91. The van der Waals surface area contributed by atoms with Crippen LogP contribution in [0.3, 0.4) is 0 Å². The Bertz CT molecular complexity index is 1200. The van der Waals surface area contributed by atoms with E-state index in [0.717, 1.165) is 30.3 Å². The van der Waals surface area contributed by atoms with Gasteiger partial charge in [-0.05, 0) is 24.6 Å². The molecule has 1 amide bonds. The van der Waals surface area contributed by atoms with Crippen LogP contribution >= 0.6 is 0 Å². The smallest absolute Gasteiger partial charge is 0.365 e. The molecule has 2 unspecified atom stereocenters. The Morgan fingerprint density at radius 1 is 1.26 bits per heavy atom. The van der Waals surface area contributed by atoms with E-state index in [1.807, 2.05) is 0 Å². The number of hydrogen-bond acceptors (Lipinski definition) is 7. The fourth-order valence-corrected chi connectivity index (χ4v) is 3.93. The van der Waals surface area contributed by atoms with Gasteiger partial charge in [0.2, 0.25) is 0 Å². The molecular weight excluding hydrogens is 492 g/mol. The van der Waals surface area contributed by atoms with Crippen molar-refractivity contribution < 1.29 is 40.1 Å². The van der Waals surface area contributed by atoms with Gasteiger partial charge in [-0.1, -0.05) is 0 Å².